The molecule has 15 heavy (non-hydrogen) atoms. The molecule has 0 aromatic heterocycles. The van der Waals surface area contributed by atoms with Crippen LogP contribution in [0.5, 0.6) is 0 Å². The average Bonchev–Trinajstić information content (AvgIpc) is 2.23. The fourth-order valence-corrected chi connectivity index (χ4v) is 1.12. The monoisotopic (exact) mass is 234 g/mol. The third-order valence-electron chi connectivity index (χ3n) is 1.78. The second-order valence-corrected chi connectivity index (χ2v) is 3.62. The lowest BCUT2D eigenvalue weighted by molar-refractivity contribution is -0.122. The normalized spacial score (nSPS) is 9.73. The largest absolute Gasteiger partial charge is 0.356 e. The van der Waals surface area contributed by atoms with Gasteiger partial charge < -0.3 is 10.6 Å². The highest BCUT2D eigenvalue weighted by Gasteiger charge is 2.02. The van der Waals surface area contributed by atoms with Crippen molar-refractivity contribution in [2.75, 3.05) is 19.0 Å². The average molecular weight is 235 g/mol. The third kappa shape index (κ3) is 9.53. The van der Waals surface area contributed by atoms with Gasteiger partial charge in [-0.2, -0.15) is 0 Å². The Bertz CT molecular complexity index is 178. The minimum atomic E-state index is -0.0426. The molecule has 2 N–H and O–H groups in total. The van der Waals surface area contributed by atoms with E-state index in [1.807, 2.05) is 6.92 Å². The molecule has 0 spiro atoms. The van der Waals surface area contributed by atoms with E-state index in [0.717, 1.165) is 6.42 Å². The molecule has 88 valence electrons. The van der Waals surface area contributed by atoms with Gasteiger partial charge in [0, 0.05) is 31.8 Å². The van der Waals surface area contributed by atoms with Gasteiger partial charge in [-0.1, -0.05) is 6.92 Å². The van der Waals surface area contributed by atoms with Crippen molar-refractivity contribution in [2.45, 2.75) is 32.6 Å². The van der Waals surface area contributed by atoms with Gasteiger partial charge in [-0.15, -0.1) is 11.6 Å². The second-order valence-electron chi connectivity index (χ2n) is 3.24. The molecule has 0 aliphatic rings. The molecule has 0 saturated carbocycles. The fourth-order valence-electron chi connectivity index (χ4n) is 0.984. The molecule has 0 aliphatic heterocycles. The number of rotatable bonds is 8. The number of halogens is 1. The Morgan fingerprint density at radius 2 is 1.67 bits per heavy atom. The van der Waals surface area contributed by atoms with Crippen molar-refractivity contribution in [3.8, 4) is 0 Å². The van der Waals surface area contributed by atoms with Crippen LogP contribution in [0.2, 0.25) is 0 Å². The van der Waals surface area contributed by atoms with Crippen molar-refractivity contribution in [3.63, 3.8) is 0 Å². The summed E-state index contributed by atoms with van der Waals surface area (Å²) in [4.78, 5) is 22.2. The minimum absolute atomic E-state index is 0.0190. The second kappa shape index (κ2) is 9.77. The first-order chi connectivity index (χ1) is 7.20. The van der Waals surface area contributed by atoms with Crippen LogP contribution in [0.15, 0.2) is 0 Å². The molecule has 0 rings (SSSR count). The van der Waals surface area contributed by atoms with Gasteiger partial charge in [0.2, 0.25) is 11.8 Å². The van der Waals surface area contributed by atoms with Crippen molar-refractivity contribution in [1.29, 1.82) is 0 Å². The zero-order valence-electron chi connectivity index (χ0n) is 9.14. The standard InChI is InChI=1S/C10H19ClN2O2/c1-2-7-12-10(15)5-8-13-9(14)4-3-6-11/h2-8H2,1H3,(H,12,15)(H,13,14). The smallest absolute Gasteiger partial charge is 0.221 e. The lowest BCUT2D eigenvalue weighted by Gasteiger charge is -2.05. The summed E-state index contributed by atoms with van der Waals surface area (Å²) in [6, 6.07) is 0. The first-order valence-electron chi connectivity index (χ1n) is 5.30. The summed E-state index contributed by atoms with van der Waals surface area (Å²) in [5, 5.41) is 5.40. The molecule has 0 radical (unpaired) electrons. The van der Waals surface area contributed by atoms with Crippen molar-refractivity contribution >= 4 is 23.4 Å². The van der Waals surface area contributed by atoms with Crippen molar-refractivity contribution in [2.24, 2.45) is 0 Å². The maximum Gasteiger partial charge on any atom is 0.221 e. The van der Waals surface area contributed by atoms with Crippen LogP contribution >= 0.6 is 11.6 Å². The molecule has 0 saturated heterocycles. The molecule has 0 bridgehead atoms. The Morgan fingerprint density at radius 3 is 2.27 bits per heavy atom. The van der Waals surface area contributed by atoms with Crippen LogP contribution in [-0.2, 0) is 9.59 Å². The highest BCUT2D eigenvalue weighted by atomic mass is 35.5. The van der Waals surface area contributed by atoms with E-state index in [9.17, 15) is 9.59 Å². The summed E-state index contributed by atoms with van der Waals surface area (Å²) in [7, 11) is 0. The summed E-state index contributed by atoms with van der Waals surface area (Å²) in [5.74, 6) is 0.429. The minimum Gasteiger partial charge on any atom is -0.356 e. The predicted octanol–water partition coefficient (Wildman–Crippen LogP) is 1.04. The zero-order chi connectivity index (χ0) is 11.5. The van der Waals surface area contributed by atoms with Crippen molar-refractivity contribution < 1.29 is 9.59 Å². The molecule has 2 amide bonds. The first kappa shape index (κ1) is 14.2. The molecule has 0 aromatic carbocycles. The molecular weight excluding hydrogens is 216 g/mol. The number of nitrogens with one attached hydrogen (secondary N) is 2. The van der Waals surface area contributed by atoms with Crippen LogP contribution in [0.3, 0.4) is 0 Å². The molecule has 0 heterocycles. The number of hydrogen-bond donors (Lipinski definition) is 2. The predicted molar refractivity (Wildman–Crippen MR) is 60.9 cm³/mol. The lowest BCUT2D eigenvalue weighted by atomic mass is 10.3. The van der Waals surface area contributed by atoms with E-state index in [2.05, 4.69) is 10.6 Å². The van der Waals surface area contributed by atoms with Crippen LogP contribution in [0.4, 0.5) is 0 Å². The molecule has 0 unspecified atom stereocenters. The van der Waals surface area contributed by atoms with E-state index in [-0.39, 0.29) is 11.8 Å². The van der Waals surface area contributed by atoms with Crippen molar-refractivity contribution in [1.82, 2.24) is 10.6 Å². The van der Waals surface area contributed by atoms with Gasteiger partial charge in [-0.25, -0.2) is 0 Å². The van der Waals surface area contributed by atoms with Crippen molar-refractivity contribution in [3.05, 3.63) is 0 Å². The number of amides is 2. The Balaban J connectivity index is 3.36. The van der Waals surface area contributed by atoms with Crippen LogP contribution in [0.1, 0.15) is 32.6 Å². The van der Waals surface area contributed by atoms with E-state index in [1.165, 1.54) is 0 Å². The number of hydrogen-bond acceptors (Lipinski definition) is 2. The summed E-state index contributed by atoms with van der Waals surface area (Å²) in [6.45, 7) is 3.09. The Hall–Kier alpha value is -0.770. The highest BCUT2D eigenvalue weighted by Crippen LogP contribution is 1.91. The molecule has 4 nitrogen and oxygen atoms in total. The quantitative estimate of drug-likeness (QED) is 0.617. The van der Waals surface area contributed by atoms with Gasteiger partial charge in [-0.3, -0.25) is 9.59 Å². The third-order valence-corrected chi connectivity index (χ3v) is 2.05. The van der Waals surface area contributed by atoms with E-state index in [4.69, 9.17) is 11.6 Å². The highest BCUT2D eigenvalue weighted by molar-refractivity contribution is 6.17. The molecule has 0 aliphatic carbocycles. The topological polar surface area (TPSA) is 58.2 Å². The molecule has 0 fully saturated rings. The summed E-state index contributed by atoms with van der Waals surface area (Å²) < 4.78 is 0. The van der Waals surface area contributed by atoms with Gasteiger partial charge >= 0.3 is 0 Å². The van der Waals surface area contributed by atoms with Gasteiger partial charge in [0.05, 0.1) is 0 Å². The van der Waals surface area contributed by atoms with Gasteiger partial charge in [0.1, 0.15) is 0 Å². The maximum atomic E-state index is 11.1. The van der Waals surface area contributed by atoms with E-state index < -0.39 is 0 Å². The van der Waals surface area contributed by atoms with Crippen LogP contribution in [-0.4, -0.2) is 30.8 Å². The fraction of sp³-hybridized carbons (Fsp3) is 0.800. The van der Waals surface area contributed by atoms with E-state index in [1.54, 1.807) is 0 Å². The Labute approximate surface area is 95.7 Å². The zero-order valence-corrected chi connectivity index (χ0v) is 9.90. The molecular formula is C10H19ClN2O2. The summed E-state index contributed by atoms with van der Waals surface area (Å²) >= 11 is 5.44. The number of carbonyl (C=O) groups excluding carboxylic acids is 2. The lowest BCUT2D eigenvalue weighted by Crippen LogP contribution is -2.30. The molecule has 5 heteroatoms. The SMILES string of the molecule is CCCNC(=O)CCNC(=O)CCCCl. The Morgan fingerprint density at radius 1 is 1.07 bits per heavy atom. The van der Waals surface area contributed by atoms with Crippen LogP contribution < -0.4 is 10.6 Å². The first-order valence-corrected chi connectivity index (χ1v) is 5.83. The van der Waals surface area contributed by atoms with E-state index >= 15 is 0 Å². The van der Waals surface area contributed by atoms with Crippen LogP contribution in [0.25, 0.3) is 0 Å². The Kier molecular flexibility index (Phi) is 9.27. The van der Waals surface area contributed by atoms with Crippen LogP contribution in [0, 0.1) is 0 Å². The van der Waals surface area contributed by atoms with E-state index in [0.29, 0.717) is 38.2 Å². The molecule has 0 aromatic rings. The van der Waals surface area contributed by atoms with Gasteiger partial charge in [0.25, 0.3) is 0 Å². The number of alkyl halides is 1. The summed E-state index contributed by atoms with van der Waals surface area (Å²) in [6.07, 6.45) is 2.37. The number of carbonyl (C=O) groups is 2. The maximum absolute atomic E-state index is 11.1. The van der Waals surface area contributed by atoms with Gasteiger partial charge in [-0.05, 0) is 12.8 Å². The van der Waals surface area contributed by atoms with Gasteiger partial charge in [0.15, 0.2) is 0 Å². The summed E-state index contributed by atoms with van der Waals surface area (Å²) in [5.41, 5.74) is 0. The molecule has 0 atom stereocenters.